The molecule has 0 radical (unpaired) electrons. The maximum Gasteiger partial charge on any atom is 0.191 e. The molecule has 0 saturated carbocycles. The van der Waals surface area contributed by atoms with E-state index in [0.29, 0.717) is 0 Å². The summed E-state index contributed by atoms with van der Waals surface area (Å²) in [5, 5.41) is 6.97. The van der Waals surface area contributed by atoms with E-state index in [2.05, 4.69) is 48.1 Å². The van der Waals surface area contributed by atoms with Gasteiger partial charge in [0.25, 0.3) is 0 Å². The lowest BCUT2D eigenvalue weighted by Gasteiger charge is -2.42. The van der Waals surface area contributed by atoms with Crippen molar-refractivity contribution in [3.63, 3.8) is 0 Å². The SMILES string of the molecule is CCNC(=NCC1(N2CCOCC2)CCSC1)NCC(CC)CC. The predicted molar refractivity (Wildman–Crippen MR) is 105 cm³/mol. The van der Waals surface area contributed by atoms with E-state index in [4.69, 9.17) is 9.73 Å². The first-order valence-electron chi connectivity index (χ1n) is 9.66. The molecule has 5 nitrogen and oxygen atoms in total. The van der Waals surface area contributed by atoms with Crippen LogP contribution in [0.25, 0.3) is 0 Å². The second kappa shape index (κ2) is 10.5. The highest BCUT2D eigenvalue weighted by atomic mass is 32.2. The zero-order valence-corrected chi connectivity index (χ0v) is 16.6. The Morgan fingerprint density at radius 2 is 1.96 bits per heavy atom. The Bertz CT molecular complexity index is 375. The molecule has 0 aliphatic carbocycles. The Morgan fingerprint density at radius 3 is 2.54 bits per heavy atom. The maximum atomic E-state index is 5.55. The molecular weight excluding hydrogens is 320 g/mol. The van der Waals surface area contributed by atoms with Crippen LogP contribution >= 0.6 is 11.8 Å². The standard InChI is InChI=1S/C18H36N4OS/c1-4-16(5-2)13-20-17(19-6-3)21-14-18(7-12-24-15-18)22-8-10-23-11-9-22/h16H,4-15H2,1-3H3,(H2,19,20,21). The smallest absolute Gasteiger partial charge is 0.191 e. The van der Waals surface area contributed by atoms with Crippen LogP contribution in [0.1, 0.15) is 40.0 Å². The minimum absolute atomic E-state index is 0.228. The van der Waals surface area contributed by atoms with Gasteiger partial charge in [0, 0.05) is 31.9 Å². The Kier molecular flexibility index (Phi) is 8.70. The van der Waals surface area contributed by atoms with Crippen molar-refractivity contribution in [2.24, 2.45) is 10.9 Å². The third kappa shape index (κ3) is 5.53. The van der Waals surface area contributed by atoms with Gasteiger partial charge in [-0.1, -0.05) is 26.7 Å². The van der Waals surface area contributed by atoms with Crippen molar-refractivity contribution in [1.82, 2.24) is 15.5 Å². The molecular formula is C18H36N4OS. The van der Waals surface area contributed by atoms with Gasteiger partial charge in [-0.3, -0.25) is 9.89 Å². The van der Waals surface area contributed by atoms with Gasteiger partial charge in [0.05, 0.1) is 25.3 Å². The lowest BCUT2D eigenvalue weighted by atomic mass is 9.96. The summed E-state index contributed by atoms with van der Waals surface area (Å²) in [5.74, 6) is 4.16. The molecule has 0 aromatic rings. The first kappa shape index (κ1) is 19.9. The van der Waals surface area contributed by atoms with Crippen molar-refractivity contribution in [2.45, 2.75) is 45.6 Å². The quantitative estimate of drug-likeness (QED) is 0.516. The molecule has 1 unspecified atom stereocenters. The second-order valence-electron chi connectivity index (χ2n) is 6.88. The van der Waals surface area contributed by atoms with Gasteiger partial charge in [-0.25, -0.2) is 0 Å². The number of morpholine rings is 1. The topological polar surface area (TPSA) is 48.9 Å². The summed E-state index contributed by atoms with van der Waals surface area (Å²) in [6, 6.07) is 0. The Balaban J connectivity index is 1.98. The van der Waals surface area contributed by atoms with Gasteiger partial charge in [0.2, 0.25) is 0 Å². The molecule has 0 aromatic heterocycles. The number of aliphatic imine (C=N–C) groups is 1. The molecule has 0 amide bonds. The zero-order valence-electron chi connectivity index (χ0n) is 15.8. The van der Waals surface area contributed by atoms with Crippen molar-refractivity contribution in [3.05, 3.63) is 0 Å². The summed E-state index contributed by atoms with van der Waals surface area (Å²) in [4.78, 5) is 7.61. The number of thioether (sulfide) groups is 1. The van der Waals surface area contributed by atoms with Gasteiger partial charge in [-0.15, -0.1) is 0 Å². The molecule has 2 aliphatic rings. The van der Waals surface area contributed by atoms with Gasteiger partial charge in [0.1, 0.15) is 0 Å². The Morgan fingerprint density at radius 1 is 1.21 bits per heavy atom. The lowest BCUT2D eigenvalue weighted by Crippen LogP contribution is -2.56. The molecule has 2 saturated heterocycles. The van der Waals surface area contributed by atoms with Crippen molar-refractivity contribution in [1.29, 1.82) is 0 Å². The van der Waals surface area contributed by atoms with E-state index in [9.17, 15) is 0 Å². The van der Waals surface area contributed by atoms with Crippen LogP contribution in [0.3, 0.4) is 0 Å². The third-order valence-corrected chi connectivity index (χ3v) is 6.59. The van der Waals surface area contributed by atoms with E-state index in [0.717, 1.165) is 57.8 Å². The van der Waals surface area contributed by atoms with Crippen LogP contribution in [0.2, 0.25) is 0 Å². The van der Waals surface area contributed by atoms with Crippen LogP contribution in [0.15, 0.2) is 4.99 Å². The van der Waals surface area contributed by atoms with Crippen molar-refractivity contribution in [2.75, 3.05) is 57.4 Å². The molecule has 0 aromatic carbocycles. The number of nitrogens with zero attached hydrogens (tertiary/aromatic N) is 2. The van der Waals surface area contributed by atoms with E-state index < -0.39 is 0 Å². The van der Waals surface area contributed by atoms with E-state index in [1.165, 1.54) is 30.8 Å². The van der Waals surface area contributed by atoms with E-state index in [1.807, 2.05) is 0 Å². The fraction of sp³-hybridized carbons (Fsp3) is 0.944. The summed E-state index contributed by atoms with van der Waals surface area (Å²) in [5.41, 5.74) is 0.228. The molecule has 1 atom stereocenters. The van der Waals surface area contributed by atoms with Gasteiger partial charge in [-0.05, 0) is 25.0 Å². The van der Waals surface area contributed by atoms with Crippen molar-refractivity contribution < 1.29 is 4.74 Å². The molecule has 140 valence electrons. The van der Waals surface area contributed by atoms with Crippen molar-refractivity contribution in [3.8, 4) is 0 Å². The highest BCUT2D eigenvalue weighted by molar-refractivity contribution is 7.99. The molecule has 2 aliphatic heterocycles. The monoisotopic (exact) mass is 356 g/mol. The zero-order chi connectivity index (χ0) is 17.3. The first-order valence-corrected chi connectivity index (χ1v) is 10.8. The Hall–Kier alpha value is -0.460. The number of rotatable bonds is 8. The van der Waals surface area contributed by atoms with Crippen LogP contribution in [0, 0.1) is 5.92 Å². The second-order valence-corrected chi connectivity index (χ2v) is 7.99. The summed E-state index contributed by atoms with van der Waals surface area (Å²) in [6.07, 6.45) is 3.68. The molecule has 0 bridgehead atoms. The Labute approximate surface area is 152 Å². The number of nitrogens with one attached hydrogen (secondary N) is 2. The summed E-state index contributed by atoms with van der Waals surface area (Å²) in [6.45, 7) is 13.3. The van der Waals surface area contributed by atoms with Gasteiger partial charge in [-0.2, -0.15) is 11.8 Å². The van der Waals surface area contributed by atoms with Gasteiger partial charge < -0.3 is 15.4 Å². The van der Waals surface area contributed by atoms with Crippen LogP contribution in [-0.4, -0.2) is 73.8 Å². The highest BCUT2D eigenvalue weighted by Gasteiger charge is 2.40. The maximum absolute atomic E-state index is 5.55. The molecule has 2 fully saturated rings. The lowest BCUT2D eigenvalue weighted by molar-refractivity contribution is -0.0104. The molecule has 2 N–H and O–H groups in total. The van der Waals surface area contributed by atoms with Crippen LogP contribution < -0.4 is 10.6 Å². The number of ether oxygens (including phenoxy) is 1. The molecule has 24 heavy (non-hydrogen) atoms. The minimum Gasteiger partial charge on any atom is -0.379 e. The van der Waals surface area contributed by atoms with Crippen molar-refractivity contribution >= 4 is 17.7 Å². The average Bonchev–Trinajstić information content (AvgIpc) is 3.11. The van der Waals surface area contributed by atoms with Gasteiger partial charge >= 0.3 is 0 Å². The third-order valence-electron chi connectivity index (χ3n) is 5.35. The van der Waals surface area contributed by atoms with Gasteiger partial charge in [0.15, 0.2) is 5.96 Å². The first-order chi connectivity index (χ1) is 11.7. The molecule has 6 heteroatoms. The summed E-state index contributed by atoms with van der Waals surface area (Å²) in [7, 11) is 0. The molecule has 2 rings (SSSR count). The van der Waals surface area contributed by atoms with E-state index in [-0.39, 0.29) is 5.54 Å². The van der Waals surface area contributed by atoms with Crippen LogP contribution in [-0.2, 0) is 4.74 Å². The minimum atomic E-state index is 0.228. The van der Waals surface area contributed by atoms with E-state index in [1.54, 1.807) is 0 Å². The fourth-order valence-corrected chi connectivity index (χ4v) is 4.96. The molecule has 2 heterocycles. The summed E-state index contributed by atoms with van der Waals surface area (Å²) >= 11 is 2.07. The largest absolute Gasteiger partial charge is 0.379 e. The van der Waals surface area contributed by atoms with Crippen LogP contribution in [0.5, 0.6) is 0 Å². The number of guanidine groups is 1. The number of hydrogen-bond acceptors (Lipinski definition) is 4. The number of hydrogen-bond donors (Lipinski definition) is 2. The normalized spacial score (nSPS) is 26.1. The molecule has 0 spiro atoms. The fourth-order valence-electron chi connectivity index (χ4n) is 3.49. The van der Waals surface area contributed by atoms with Crippen LogP contribution in [0.4, 0.5) is 0 Å². The van der Waals surface area contributed by atoms with E-state index >= 15 is 0 Å². The summed E-state index contributed by atoms with van der Waals surface area (Å²) < 4.78 is 5.55. The average molecular weight is 357 g/mol. The predicted octanol–water partition coefficient (Wildman–Crippen LogP) is 2.19. The highest BCUT2D eigenvalue weighted by Crippen LogP contribution is 2.34.